The number of carbonyl (C=O) groups is 3. The van der Waals surface area contributed by atoms with Crippen LogP contribution in [0.3, 0.4) is 0 Å². The van der Waals surface area contributed by atoms with Crippen molar-refractivity contribution in [1.29, 1.82) is 0 Å². The summed E-state index contributed by atoms with van der Waals surface area (Å²) in [5.74, 6) is -1.02. The van der Waals surface area contributed by atoms with E-state index in [-0.39, 0.29) is 36.3 Å². The van der Waals surface area contributed by atoms with Crippen LogP contribution in [-0.4, -0.2) is 67.9 Å². The maximum absolute atomic E-state index is 13.1. The second kappa shape index (κ2) is 11.8. The predicted molar refractivity (Wildman–Crippen MR) is 143 cm³/mol. The van der Waals surface area contributed by atoms with Gasteiger partial charge in [-0.25, -0.2) is 18.0 Å². The lowest BCUT2D eigenvalue weighted by Gasteiger charge is -2.32. The summed E-state index contributed by atoms with van der Waals surface area (Å²) in [6.45, 7) is 6.93. The molecule has 38 heavy (non-hydrogen) atoms. The molecule has 0 saturated carbocycles. The van der Waals surface area contributed by atoms with Gasteiger partial charge in [-0.1, -0.05) is 6.42 Å². The molecule has 0 radical (unpaired) electrons. The molecule has 1 aromatic carbocycles. The van der Waals surface area contributed by atoms with Gasteiger partial charge in [0.1, 0.15) is 5.00 Å². The number of hydrogen-bond acceptors (Lipinski definition) is 8. The Morgan fingerprint density at radius 1 is 1.05 bits per heavy atom. The Morgan fingerprint density at radius 3 is 2.42 bits per heavy atom. The Morgan fingerprint density at radius 2 is 1.76 bits per heavy atom. The van der Waals surface area contributed by atoms with Crippen molar-refractivity contribution in [2.45, 2.75) is 63.9 Å². The maximum Gasteiger partial charge on any atom is 0.410 e. The first-order chi connectivity index (χ1) is 18.2. The van der Waals surface area contributed by atoms with E-state index in [1.165, 1.54) is 39.9 Å². The molecule has 4 rings (SSSR count). The van der Waals surface area contributed by atoms with Crippen molar-refractivity contribution in [3.63, 3.8) is 0 Å². The van der Waals surface area contributed by atoms with Gasteiger partial charge in [-0.05, 0) is 69.9 Å². The summed E-state index contributed by atoms with van der Waals surface area (Å²) in [6.07, 6.45) is 2.66. The normalized spacial score (nSPS) is 18.0. The van der Waals surface area contributed by atoms with Crippen molar-refractivity contribution >= 4 is 44.3 Å². The second-order valence-electron chi connectivity index (χ2n) is 9.24. The standard InChI is InChI=1S/C26H33N3O7S2/c1-4-35-25(31)22-20-13-15-28(26(32)36-5-2)16-21(20)37-24(22)27-23(30)18-9-11-19(12-10-18)38(33,34)29-14-7-6-8-17(29)3/h9-12,17H,4-8,13-16H2,1-3H3,(H,27,30)/t17-/m1/s1. The number of carbonyl (C=O) groups excluding carboxylic acids is 3. The zero-order valence-corrected chi connectivity index (χ0v) is 23.5. The van der Waals surface area contributed by atoms with Crippen LogP contribution in [0.25, 0.3) is 0 Å². The van der Waals surface area contributed by atoms with E-state index >= 15 is 0 Å². The predicted octanol–water partition coefficient (Wildman–Crippen LogP) is 4.25. The van der Waals surface area contributed by atoms with E-state index in [1.807, 2.05) is 6.92 Å². The molecule has 0 bridgehead atoms. The minimum absolute atomic E-state index is 0.0670. The van der Waals surface area contributed by atoms with Gasteiger partial charge in [0.15, 0.2) is 0 Å². The number of sulfonamides is 1. The van der Waals surface area contributed by atoms with Crippen LogP contribution in [0, 0.1) is 0 Å². The monoisotopic (exact) mass is 563 g/mol. The third-order valence-electron chi connectivity index (χ3n) is 6.75. The molecule has 1 atom stereocenters. The Kier molecular flexibility index (Phi) is 8.74. The summed E-state index contributed by atoms with van der Waals surface area (Å²) in [5, 5.41) is 3.14. The van der Waals surface area contributed by atoms with E-state index in [0.717, 1.165) is 29.7 Å². The maximum atomic E-state index is 13.1. The molecule has 206 valence electrons. The molecule has 12 heteroatoms. The molecule has 1 aromatic heterocycles. The van der Waals surface area contributed by atoms with Crippen molar-refractivity contribution in [3.8, 4) is 0 Å². The van der Waals surface area contributed by atoms with Gasteiger partial charge >= 0.3 is 12.1 Å². The van der Waals surface area contributed by atoms with Gasteiger partial charge in [0.05, 0.1) is 30.2 Å². The molecule has 1 fully saturated rings. The van der Waals surface area contributed by atoms with Crippen LogP contribution in [0.2, 0.25) is 0 Å². The summed E-state index contributed by atoms with van der Waals surface area (Å²) in [7, 11) is -3.66. The number of ether oxygens (including phenoxy) is 2. The number of fused-ring (bicyclic) bond motifs is 1. The fourth-order valence-electron chi connectivity index (χ4n) is 4.80. The highest BCUT2D eigenvalue weighted by atomic mass is 32.2. The first-order valence-electron chi connectivity index (χ1n) is 12.8. The van der Waals surface area contributed by atoms with Gasteiger partial charge in [0, 0.05) is 29.6 Å². The highest BCUT2D eigenvalue weighted by molar-refractivity contribution is 7.89. The Labute approximate surface area is 226 Å². The fraction of sp³-hybridized carbons (Fsp3) is 0.500. The van der Waals surface area contributed by atoms with Gasteiger partial charge in [-0.15, -0.1) is 11.3 Å². The lowest BCUT2D eigenvalue weighted by Crippen LogP contribution is -2.41. The van der Waals surface area contributed by atoms with E-state index in [1.54, 1.807) is 18.7 Å². The number of benzene rings is 1. The molecule has 0 spiro atoms. The van der Waals surface area contributed by atoms with Crippen LogP contribution in [0.4, 0.5) is 9.80 Å². The molecular weight excluding hydrogens is 530 g/mol. The molecular formula is C26H33N3O7S2. The number of nitrogens with zero attached hydrogens (tertiary/aromatic N) is 2. The van der Waals surface area contributed by atoms with Crippen molar-refractivity contribution in [3.05, 3.63) is 45.8 Å². The highest BCUT2D eigenvalue weighted by Crippen LogP contribution is 2.38. The largest absolute Gasteiger partial charge is 0.462 e. The van der Waals surface area contributed by atoms with E-state index in [9.17, 15) is 22.8 Å². The number of hydrogen-bond donors (Lipinski definition) is 1. The average Bonchev–Trinajstić information content (AvgIpc) is 3.26. The Balaban J connectivity index is 1.56. The van der Waals surface area contributed by atoms with E-state index in [0.29, 0.717) is 30.1 Å². The van der Waals surface area contributed by atoms with Crippen molar-refractivity contribution in [1.82, 2.24) is 9.21 Å². The molecule has 1 N–H and O–H groups in total. The van der Waals surface area contributed by atoms with Gasteiger partial charge in [0.2, 0.25) is 10.0 Å². The molecule has 2 aromatic rings. The number of nitrogens with one attached hydrogen (secondary N) is 1. The smallest absolute Gasteiger partial charge is 0.410 e. The summed E-state index contributed by atoms with van der Waals surface area (Å²) < 4.78 is 38.1. The lowest BCUT2D eigenvalue weighted by molar-refractivity contribution is 0.0526. The quantitative estimate of drug-likeness (QED) is 0.500. The second-order valence-corrected chi connectivity index (χ2v) is 12.2. The first-order valence-corrected chi connectivity index (χ1v) is 15.1. The Bertz CT molecular complexity index is 1300. The summed E-state index contributed by atoms with van der Waals surface area (Å²) in [5.41, 5.74) is 1.30. The minimum Gasteiger partial charge on any atom is -0.462 e. The van der Waals surface area contributed by atoms with Gasteiger partial charge in [-0.3, -0.25) is 4.79 Å². The number of thiophene rings is 1. The van der Waals surface area contributed by atoms with Crippen molar-refractivity contribution in [2.24, 2.45) is 0 Å². The third kappa shape index (κ3) is 5.71. The van der Waals surface area contributed by atoms with Gasteiger partial charge < -0.3 is 19.7 Å². The van der Waals surface area contributed by atoms with Crippen LogP contribution in [0.15, 0.2) is 29.2 Å². The molecule has 2 aliphatic rings. The number of anilines is 1. The molecule has 10 nitrogen and oxygen atoms in total. The molecule has 2 amide bonds. The number of esters is 1. The molecule has 1 saturated heterocycles. The Hall–Kier alpha value is -2.96. The molecule has 2 aliphatic heterocycles. The van der Waals surface area contributed by atoms with Gasteiger partial charge in [0.25, 0.3) is 5.91 Å². The molecule has 0 aliphatic carbocycles. The SMILES string of the molecule is CCOC(=O)c1c(NC(=O)c2ccc(S(=O)(=O)N3CCCC[C@H]3C)cc2)sc2c1CCN(C(=O)OCC)C2. The number of rotatable bonds is 7. The lowest BCUT2D eigenvalue weighted by atomic mass is 10.0. The van der Waals surface area contributed by atoms with Crippen molar-refractivity contribution < 1.29 is 32.3 Å². The van der Waals surface area contributed by atoms with Crippen molar-refractivity contribution in [2.75, 3.05) is 31.6 Å². The number of amides is 2. The third-order valence-corrected chi connectivity index (χ3v) is 9.91. The zero-order valence-electron chi connectivity index (χ0n) is 21.8. The summed E-state index contributed by atoms with van der Waals surface area (Å²) >= 11 is 1.22. The van der Waals surface area contributed by atoms with Crippen LogP contribution < -0.4 is 5.32 Å². The van der Waals surface area contributed by atoms with Crippen LogP contribution >= 0.6 is 11.3 Å². The average molecular weight is 564 g/mol. The van der Waals surface area contributed by atoms with Crippen LogP contribution in [0.1, 0.15) is 71.2 Å². The van der Waals surface area contributed by atoms with E-state index in [2.05, 4.69) is 5.32 Å². The number of piperidine rings is 1. The zero-order chi connectivity index (χ0) is 27.4. The molecule has 3 heterocycles. The summed E-state index contributed by atoms with van der Waals surface area (Å²) in [4.78, 5) is 40.6. The summed E-state index contributed by atoms with van der Waals surface area (Å²) in [6, 6.07) is 5.75. The molecule has 0 unspecified atom stereocenters. The minimum atomic E-state index is -3.66. The van der Waals surface area contributed by atoms with E-state index in [4.69, 9.17) is 9.47 Å². The van der Waals surface area contributed by atoms with Crippen LogP contribution in [-0.2, 0) is 32.5 Å². The fourth-order valence-corrected chi connectivity index (χ4v) is 7.75. The topological polar surface area (TPSA) is 122 Å². The van der Waals surface area contributed by atoms with Gasteiger partial charge in [-0.2, -0.15) is 4.31 Å². The van der Waals surface area contributed by atoms with E-state index < -0.39 is 28.0 Å². The highest BCUT2D eigenvalue weighted by Gasteiger charge is 2.33. The van der Waals surface area contributed by atoms with Crippen LogP contribution in [0.5, 0.6) is 0 Å². The first kappa shape index (κ1) is 28.1.